The highest BCUT2D eigenvalue weighted by Crippen LogP contribution is 2.40. The molecule has 1 N–H and O–H groups in total. The minimum Gasteiger partial charge on any atom is -0.321 e. The van der Waals surface area contributed by atoms with Crippen molar-refractivity contribution in [1.82, 2.24) is 14.8 Å². The van der Waals surface area contributed by atoms with Gasteiger partial charge in [0.05, 0.1) is 5.69 Å². The molecule has 1 aromatic carbocycles. The molecule has 2 aliphatic carbocycles. The lowest BCUT2D eigenvalue weighted by atomic mass is 9.88. The summed E-state index contributed by atoms with van der Waals surface area (Å²) >= 11 is 0. The summed E-state index contributed by atoms with van der Waals surface area (Å²) in [5, 5.41) is 0. The number of rotatable bonds is 8. The molecule has 1 aliphatic heterocycles. The molecule has 178 valence electrons. The summed E-state index contributed by atoms with van der Waals surface area (Å²) in [5.74, 6) is 0. The largest absolute Gasteiger partial charge is 0.321 e. The summed E-state index contributed by atoms with van der Waals surface area (Å²) in [6.07, 6.45) is 13.4. The topological polar surface area (TPSA) is 39.3 Å². The van der Waals surface area contributed by atoms with Gasteiger partial charge in [-0.1, -0.05) is 31.5 Å². The minimum absolute atomic E-state index is 0.151. The third-order valence-corrected chi connectivity index (χ3v) is 8.44. The zero-order chi connectivity index (χ0) is 22.8. The average Bonchev–Trinajstić information content (AvgIpc) is 3.22. The Morgan fingerprint density at radius 2 is 1.79 bits per heavy atom. The van der Waals surface area contributed by atoms with Crippen molar-refractivity contribution in [2.24, 2.45) is 0 Å². The molecule has 0 amide bonds. The van der Waals surface area contributed by atoms with Gasteiger partial charge < -0.3 is 14.8 Å². The zero-order valence-corrected chi connectivity index (χ0v) is 20.7. The lowest BCUT2D eigenvalue weighted by Gasteiger charge is -2.34. The molecule has 1 unspecified atom stereocenters. The monoisotopic (exact) mass is 447 g/mol. The second kappa shape index (κ2) is 10.1. The van der Waals surface area contributed by atoms with Gasteiger partial charge >= 0.3 is 0 Å². The van der Waals surface area contributed by atoms with E-state index in [4.69, 9.17) is 0 Å². The number of pyridine rings is 1. The summed E-state index contributed by atoms with van der Waals surface area (Å²) in [5.41, 5.74) is 9.21. The van der Waals surface area contributed by atoms with Crippen LogP contribution in [0.5, 0.6) is 0 Å². The quantitative estimate of drug-likeness (QED) is 0.509. The van der Waals surface area contributed by atoms with Crippen molar-refractivity contribution in [3.63, 3.8) is 0 Å². The Labute approximate surface area is 199 Å². The molecular weight excluding hydrogens is 406 g/mol. The van der Waals surface area contributed by atoms with Gasteiger partial charge in [0.15, 0.2) is 0 Å². The van der Waals surface area contributed by atoms with Gasteiger partial charge in [0.2, 0.25) is 0 Å². The first-order valence-corrected chi connectivity index (χ1v) is 13.5. The number of likely N-dealkylation sites (tertiary alicyclic amines) is 1. The zero-order valence-electron chi connectivity index (χ0n) is 20.7. The van der Waals surface area contributed by atoms with E-state index in [0.29, 0.717) is 0 Å². The van der Waals surface area contributed by atoms with Crippen molar-refractivity contribution in [3.8, 4) is 11.3 Å². The third-order valence-electron chi connectivity index (χ3n) is 8.44. The fourth-order valence-electron chi connectivity index (χ4n) is 6.63. The van der Waals surface area contributed by atoms with E-state index in [2.05, 4.69) is 47.0 Å². The number of benzene rings is 1. The molecular formula is C29H41N3O. The van der Waals surface area contributed by atoms with Gasteiger partial charge in [-0.25, -0.2) is 0 Å². The van der Waals surface area contributed by atoms with Crippen LogP contribution in [-0.2, 0) is 25.8 Å². The highest BCUT2D eigenvalue weighted by Gasteiger charge is 2.28. The van der Waals surface area contributed by atoms with Gasteiger partial charge in [-0.05, 0) is 107 Å². The molecule has 2 heterocycles. The number of nitrogens with zero attached hydrogens (tertiary/aromatic N) is 2. The number of hydrogen-bond donors (Lipinski definition) is 1. The van der Waals surface area contributed by atoms with Gasteiger partial charge in [-0.2, -0.15) is 0 Å². The molecule has 0 spiro atoms. The van der Waals surface area contributed by atoms with Crippen molar-refractivity contribution >= 4 is 0 Å². The van der Waals surface area contributed by atoms with Crippen LogP contribution >= 0.6 is 0 Å². The molecule has 4 heteroatoms. The van der Waals surface area contributed by atoms with E-state index in [-0.39, 0.29) is 5.56 Å². The Morgan fingerprint density at radius 1 is 1.00 bits per heavy atom. The van der Waals surface area contributed by atoms with Crippen molar-refractivity contribution in [2.45, 2.75) is 90.1 Å². The van der Waals surface area contributed by atoms with Crippen molar-refractivity contribution < 1.29 is 0 Å². The van der Waals surface area contributed by atoms with Crippen molar-refractivity contribution in [2.75, 3.05) is 26.7 Å². The normalized spacial score (nSPS) is 18.8. The van der Waals surface area contributed by atoms with Gasteiger partial charge in [-0.3, -0.25) is 4.79 Å². The molecule has 0 saturated carbocycles. The Bertz CT molecular complexity index is 1030. The van der Waals surface area contributed by atoms with Crippen LogP contribution in [0.15, 0.2) is 23.0 Å². The number of fused-ring (bicyclic) bond motifs is 5. The third kappa shape index (κ3) is 4.70. The lowest BCUT2D eigenvalue weighted by molar-refractivity contribution is 0.145. The fraction of sp³-hybridized carbons (Fsp3) is 0.621. The van der Waals surface area contributed by atoms with Gasteiger partial charge in [0, 0.05) is 30.1 Å². The maximum absolute atomic E-state index is 12.7. The predicted molar refractivity (Wildman–Crippen MR) is 137 cm³/mol. The van der Waals surface area contributed by atoms with E-state index in [0.717, 1.165) is 56.1 Å². The maximum atomic E-state index is 12.7. The van der Waals surface area contributed by atoms with E-state index in [9.17, 15) is 4.79 Å². The lowest BCUT2D eigenvalue weighted by Crippen LogP contribution is -2.39. The Hall–Kier alpha value is -1.91. The minimum atomic E-state index is 0.151. The molecule has 1 saturated heterocycles. The van der Waals surface area contributed by atoms with E-state index in [1.54, 1.807) is 0 Å². The van der Waals surface area contributed by atoms with E-state index < -0.39 is 0 Å². The summed E-state index contributed by atoms with van der Waals surface area (Å²) in [6.45, 7) is 7.10. The molecule has 0 bridgehead atoms. The van der Waals surface area contributed by atoms with Crippen LogP contribution in [0.1, 0.15) is 86.1 Å². The molecule has 5 rings (SSSR count). The summed E-state index contributed by atoms with van der Waals surface area (Å²) < 4.78 is 0. The summed E-state index contributed by atoms with van der Waals surface area (Å²) in [7, 11) is 2.27. The highest BCUT2D eigenvalue weighted by atomic mass is 16.1. The fourth-order valence-corrected chi connectivity index (χ4v) is 6.63. The first-order chi connectivity index (χ1) is 16.2. The number of nitrogens with one attached hydrogen (secondary N) is 1. The van der Waals surface area contributed by atoms with Gasteiger partial charge in [0.1, 0.15) is 0 Å². The average molecular weight is 448 g/mol. The van der Waals surface area contributed by atoms with Crippen LogP contribution in [0.4, 0.5) is 0 Å². The smallest absolute Gasteiger partial charge is 0.251 e. The molecule has 2 aromatic rings. The van der Waals surface area contributed by atoms with E-state index >= 15 is 0 Å². The summed E-state index contributed by atoms with van der Waals surface area (Å²) in [4.78, 5) is 21.2. The number of aromatic nitrogens is 1. The molecule has 1 fully saturated rings. The molecule has 4 nitrogen and oxygen atoms in total. The molecule has 33 heavy (non-hydrogen) atoms. The van der Waals surface area contributed by atoms with Crippen LogP contribution in [0.25, 0.3) is 11.3 Å². The number of aromatic amines is 1. The molecule has 1 aromatic heterocycles. The van der Waals surface area contributed by atoms with Gasteiger partial charge in [-0.15, -0.1) is 0 Å². The standard InChI is InChI=1S/C29H41N3O/c1-3-22(32-17-7-4-8-18-32)12-10-16-31(2)20-21-11-9-15-24-26(21)19-27-23-13-5-6-14-25(23)29(33)30-28(24)27/h9,11,15,22H,3-8,10,12-14,16-20H2,1-2H3,(H,30,33). The summed E-state index contributed by atoms with van der Waals surface area (Å²) in [6, 6.07) is 7.45. The second-order valence-corrected chi connectivity index (χ2v) is 10.6. The van der Waals surface area contributed by atoms with Crippen LogP contribution in [0.3, 0.4) is 0 Å². The van der Waals surface area contributed by atoms with Crippen molar-refractivity contribution in [3.05, 3.63) is 56.4 Å². The van der Waals surface area contributed by atoms with Gasteiger partial charge in [0.25, 0.3) is 5.56 Å². The van der Waals surface area contributed by atoms with Crippen LogP contribution in [-0.4, -0.2) is 47.5 Å². The first kappa shape index (κ1) is 22.9. The molecule has 0 radical (unpaired) electrons. The first-order valence-electron chi connectivity index (χ1n) is 13.5. The Kier molecular flexibility index (Phi) is 7.03. The second-order valence-electron chi connectivity index (χ2n) is 10.6. The highest BCUT2D eigenvalue weighted by molar-refractivity contribution is 5.76. The maximum Gasteiger partial charge on any atom is 0.251 e. The Balaban J connectivity index is 1.25. The SMILES string of the molecule is CCC(CCCN(C)Cc1cccc2c1Cc1c-2[nH]c(=O)c2c1CCCC2)N1CCCCC1. The van der Waals surface area contributed by atoms with E-state index in [1.807, 2.05) is 0 Å². The van der Waals surface area contributed by atoms with Crippen LogP contribution in [0, 0.1) is 0 Å². The van der Waals surface area contributed by atoms with Crippen LogP contribution in [0.2, 0.25) is 0 Å². The van der Waals surface area contributed by atoms with E-state index in [1.165, 1.54) is 85.9 Å². The van der Waals surface area contributed by atoms with Crippen LogP contribution < -0.4 is 5.56 Å². The van der Waals surface area contributed by atoms with Crippen molar-refractivity contribution in [1.29, 1.82) is 0 Å². The predicted octanol–water partition coefficient (Wildman–Crippen LogP) is 5.30. The molecule has 1 atom stereocenters. The number of hydrogen-bond acceptors (Lipinski definition) is 3. The Morgan fingerprint density at radius 3 is 2.58 bits per heavy atom. The number of H-pyrrole nitrogens is 1. The molecule has 3 aliphatic rings. The number of piperidine rings is 1.